The number of hydrogen-bond acceptors (Lipinski definition) is 7. The van der Waals surface area contributed by atoms with Gasteiger partial charge in [-0.2, -0.15) is 0 Å². The number of anilines is 1. The molecule has 1 N–H and O–H groups in total. The number of fused-ring (bicyclic) bond motifs is 1. The molecular weight excluding hydrogens is 276 g/mol. The number of aryl methyl sites for hydroxylation is 1. The number of esters is 2. The molecule has 0 aliphatic rings. The number of carbonyl (C=O) groups excluding carboxylic acids is 2. The minimum absolute atomic E-state index is 0.237. The van der Waals surface area contributed by atoms with Gasteiger partial charge in [-0.05, 0) is 18.2 Å². The lowest BCUT2D eigenvalue weighted by molar-refractivity contribution is -0.144. The molecule has 0 fully saturated rings. The van der Waals surface area contributed by atoms with E-state index in [0.717, 1.165) is 5.52 Å². The van der Waals surface area contributed by atoms with E-state index in [9.17, 15) is 9.59 Å². The van der Waals surface area contributed by atoms with Crippen molar-refractivity contribution in [3.8, 4) is 0 Å². The second-order valence-electron chi connectivity index (χ2n) is 4.10. The van der Waals surface area contributed by atoms with Crippen LogP contribution < -0.4 is 5.32 Å². The molecule has 0 unspecified atom stereocenters. The monoisotopic (exact) mass is 290 g/mol. The van der Waals surface area contributed by atoms with Crippen LogP contribution in [0.1, 0.15) is 0 Å². The van der Waals surface area contributed by atoms with Crippen LogP contribution in [0.5, 0.6) is 0 Å². The van der Waals surface area contributed by atoms with Gasteiger partial charge in [0.2, 0.25) is 0 Å². The van der Waals surface area contributed by atoms with Crippen LogP contribution in [0.15, 0.2) is 30.0 Å². The summed E-state index contributed by atoms with van der Waals surface area (Å²) in [6.45, 7) is 0. The fraction of sp³-hybridized carbons (Fsp3) is 0.231. The molecule has 2 aromatic rings. The van der Waals surface area contributed by atoms with E-state index in [4.69, 9.17) is 0 Å². The first-order valence-corrected chi connectivity index (χ1v) is 5.99. The Morgan fingerprint density at radius 1 is 1.24 bits per heavy atom. The number of rotatable bonds is 4. The number of hydrogen-bond donors (Lipinski definition) is 1. The van der Waals surface area contributed by atoms with E-state index < -0.39 is 11.9 Å². The van der Waals surface area contributed by atoms with Crippen molar-refractivity contribution in [2.45, 2.75) is 0 Å². The number of benzene rings is 1. The van der Waals surface area contributed by atoms with Crippen LogP contribution in [-0.4, -0.2) is 41.2 Å². The maximum atomic E-state index is 11.5. The Hall–Kier alpha value is -2.90. The standard InChI is InChI=1S/C13H14N4O4/c1-17-11-5-4-8(6-10(11)15-16-17)14-7-9(12(18)20-2)13(19)21-3/h4-7,14H,1-3H3. The summed E-state index contributed by atoms with van der Waals surface area (Å²) in [5.74, 6) is -1.56. The second kappa shape index (κ2) is 6.04. The average molecular weight is 290 g/mol. The molecule has 0 aliphatic carbocycles. The predicted molar refractivity (Wildman–Crippen MR) is 74.2 cm³/mol. The zero-order chi connectivity index (χ0) is 15.4. The molecule has 0 spiro atoms. The third-order valence-electron chi connectivity index (χ3n) is 2.80. The molecule has 0 saturated carbocycles. The van der Waals surface area contributed by atoms with E-state index in [1.807, 2.05) is 6.07 Å². The molecule has 0 amide bonds. The molecule has 1 aromatic heterocycles. The zero-order valence-corrected chi connectivity index (χ0v) is 11.8. The Balaban J connectivity index is 2.26. The van der Waals surface area contributed by atoms with Crippen LogP contribution in [0.4, 0.5) is 5.69 Å². The number of nitrogens with one attached hydrogen (secondary N) is 1. The maximum Gasteiger partial charge on any atom is 0.346 e. The Bertz CT molecular complexity index is 702. The van der Waals surface area contributed by atoms with Crippen molar-refractivity contribution in [2.24, 2.45) is 7.05 Å². The first kappa shape index (κ1) is 14.5. The molecule has 0 atom stereocenters. The Morgan fingerprint density at radius 2 is 1.90 bits per heavy atom. The highest BCUT2D eigenvalue weighted by atomic mass is 16.5. The highest BCUT2D eigenvalue weighted by Gasteiger charge is 2.19. The van der Waals surface area contributed by atoms with Crippen molar-refractivity contribution in [3.05, 3.63) is 30.0 Å². The highest BCUT2D eigenvalue weighted by Crippen LogP contribution is 2.16. The van der Waals surface area contributed by atoms with Crippen molar-refractivity contribution < 1.29 is 19.1 Å². The minimum atomic E-state index is -0.782. The van der Waals surface area contributed by atoms with Crippen molar-refractivity contribution in [3.63, 3.8) is 0 Å². The van der Waals surface area contributed by atoms with Crippen molar-refractivity contribution in [1.82, 2.24) is 15.0 Å². The molecule has 1 aromatic carbocycles. The molecular formula is C13H14N4O4. The maximum absolute atomic E-state index is 11.5. The Labute approximate surface area is 120 Å². The molecule has 21 heavy (non-hydrogen) atoms. The van der Waals surface area contributed by atoms with Gasteiger partial charge in [-0.1, -0.05) is 5.21 Å². The van der Waals surface area contributed by atoms with Gasteiger partial charge in [-0.3, -0.25) is 0 Å². The molecule has 0 aliphatic heterocycles. The van der Waals surface area contributed by atoms with Crippen LogP contribution in [0.2, 0.25) is 0 Å². The summed E-state index contributed by atoms with van der Waals surface area (Å²) in [6.07, 6.45) is 1.23. The van der Waals surface area contributed by atoms with Gasteiger partial charge in [-0.25, -0.2) is 14.3 Å². The van der Waals surface area contributed by atoms with Crippen LogP contribution in [0.25, 0.3) is 11.0 Å². The highest BCUT2D eigenvalue weighted by molar-refractivity contribution is 6.14. The molecule has 110 valence electrons. The summed E-state index contributed by atoms with van der Waals surface area (Å²) in [5, 5.41) is 10.7. The first-order chi connectivity index (χ1) is 10.1. The fourth-order valence-corrected chi connectivity index (χ4v) is 1.71. The summed E-state index contributed by atoms with van der Waals surface area (Å²) >= 11 is 0. The van der Waals surface area contributed by atoms with Gasteiger partial charge in [0.15, 0.2) is 5.57 Å². The Morgan fingerprint density at radius 3 is 2.52 bits per heavy atom. The summed E-state index contributed by atoms with van der Waals surface area (Å²) in [6, 6.07) is 5.33. The number of aromatic nitrogens is 3. The van der Waals surface area contributed by atoms with E-state index >= 15 is 0 Å². The third-order valence-corrected chi connectivity index (χ3v) is 2.80. The van der Waals surface area contributed by atoms with Gasteiger partial charge >= 0.3 is 11.9 Å². The van der Waals surface area contributed by atoms with Crippen LogP contribution >= 0.6 is 0 Å². The van der Waals surface area contributed by atoms with Gasteiger partial charge in [0, 0.05) is 18.9 Å². The zero-order valence-electron chi connectivity index (χ0n) is 11.8. The average Bonchev–Trinajstić information content (AvgIpc) is 2.87. The summed E-state index contributed by atoms with van der Waals surface area (Å²) < 4.78 is 10.7. The van der Waals surface area contributed by atoms with Crippen molar-refractivity contribution in [2.75, 3.05) is 19.5 Å². The van der Waals surface area contributed by atoms with Crippen molar-refractivity contribution in [1.29, 1.82) is 0 Å². The lowest BCUT2D eigenvalue weighted by Crippen LogP contribution is -2.17. The van der Waals surface area contributed by atoms with E-state index in [2.05, 4.69) is 25.1 Å². The van der Waals surface area contributed by atoms with E-state index in [0.29, 0.717) is 11.2 Å². The van der Waals surface area contributed by atoms with Crippen LogP contribution in [-0.2, 0) is 26.1 Å². The second-order valence-corrected chi connectivity index (χ2v) is 4.10. The quantitative estimate of drug-likeness (QED) is 0.381. The molecule has 0 bridgehead atoms. The summed E-state index contributed by atoms with van der Waals surface area (Å²) in [7, 11) is 4.16. The summed E-state index contributed by atoms with van der Waals surface area (Å²) in [5.41, 5.74) is 1.96. The first-order valence-electron chi connectivity index (χ1n) is 5.99. The normalized spacial score (nSPS) is 10.0. The topological polar surface area (TPSA) is 95.3 Å². The van der Waals surface area contributed by atoms with Gasteiger partial charge in [-0.15, -0.1) is 5.10 Å². The lowest BCUT2D eigenvalue weighted by atomic mass is 10.2. The fourth-order valence-electron chi connectivity index (χ4n) is 1.71. The SMILES string of the molecule is COC(=O)C(=CNc1ccc2c(c1)nnn2C)C(=O)OC. The van der Waals surface area contributed by atoms with E-state index in [1.165, 1.54) is 20.4 Å². The number of nitrogens with zero attached hydrogens (tertiary/aromatic N) is 3. The molecule has 8 nitrogen and oxygen atoms in total. The smallest absolute Gasteiger partial charge is 0.346 e. The molecule has 1 heterocycles. The van der Waals surface area contributed by atoms with Gasteiger partial charge in [0.1, 0.15) is 5.52 Å². The predicted octanol–water partition coefficient (Wildman–Crippen LogP) is 0.610. The number of carbonyl (C=O) groups is 2. The third kappa shape index (κ3) is 2.99. The molecule has 2 rings (SSSR count). The van der Waals surface area contributed by atoms with Crippen molar-refractivity contribution >= 4 is 28.7 Å². The molecule has 0 saturated heterocycles. The van der Waals surface area contributed by atoms with Gasteiger partial charge in [0.25, 0.3) is 0 Å². The van der Waals surface area contributed by atoms with Crippen LogP contribution in [0.3, 0.4) is 0 Å². The molecule has 0 radical (unpaired) electrons. The Kier molecular flexibility index (Phi) is 4.17. The lowest BCUT2D eigenvalue weighted by Gasteiger charge is -2.05. The van der Waals surface area contributed by atoms with Crippen LogP contribution in [0, 0.1) is 0 Å². The summed E-state index contributed by atoms with van der Waals surface area (Å²) in [4.78, 5) is 23.0. The number of methoxy groups -OCH3 is 2. The van der Waals surface area contributed by atoms with E-state index in [1.54, 1.807) is 23.9 Å². The molecule has 8 heteroatoms. The minimum Gasteiger partial charge on any atom is -0.465 e. The van der Waals surface area contributed by atoms with Gasteiger partial charge < -0.3 is 14.8 Å². The van der Waals surface area contributed by atoms with E-state index in [-0.39, 0.29) is 5.57 Å². The van der Waals surface area contributed by atoms with Gasteiger partial charge in [0.05, 0.1) is 19.7 Å². The number of ether oxygens (including phenoxy) is 2. The largest absolute Gasteiger partial charge is 0.465 e.